The molecule has 1 amide bonds. The van der Waals surface area contributed by atoms with Crippen molar-refractivity contribution in [2.24, 2.45) is 7.05 Å². The number of hydrogen-bond acceptors (Lipinski definition) is 6. The molecule has 0 unspecified atom stereocenters. The van der Waals surface area contributed by atoms with Crippen molar-refractivity contribution in [3.05, 3.63) is 57.4 Å². The van der Waals surface area contributed by atoms with E-state index >= 15 is 0 Å². The fourth-order valence-electron chi connectivity index (χ4n) is 3.30. The Morgan fingerprint density at radius 3 is 2.62 bits per heavy atom. The summed E-state index contributed by atoms with van der Waals surface area (Å²) < 4.78 is 34.5. The second-order valence-electron chi connectivity index (χ2n) is 7.56. The van der Waals surface area contributed by atoms with Gasteiger partial charge in [-0.05, 0) is 37.1 Å². The zero-order chi connectivity index (χ0) is 23.5. The number of ether oxygens (including phenoxy) is 1. The van der Waals surface area contributed by atoms with E-state index in [1.54, 1.807) is 4.90 Å². The van der Waals surface area contributed by atoms with Gasteiger partial charge in [0.15, 0.2) is 0 Å². The number of nitro benzene ring substituents is 1. The molecule has 0 radical (unpaired) electrons. The van der Waals surface area contributed by atoms with Crippen LogP contribution in [0.5, 0.6) is 0 Å². The lowest BCUT2D eigenvalue weighted by atomic mass is 10.3. The second kappa shape index (κ2) is 9.99. The number of carbonyl (C=O) groups is 1. The lowest BCUT2D eigenvalue weighted by Gasteiger charge is -2.27. The summed E-state index contributed by atoms with van der Waals surface area (Å²) in [5.41, 5.74) is 0.416. The Hall–Kier alpha value is -2.47. The highest BCUT2D eigenvalue weighted by molar-refractivity contribution is 7.89. The van der Waals surface area contributed by atoms with Crippen molar-refractivity contribution >= 4 is 33.2 Å². The molecule has 12 heteroatoms. The Morgan fingerprint density at radius 2 is 2.06 bits per heavy atom. The van der Waals surface area contributed by atoms with E-state index in [1.165, 1.54) is 13.2 Å². The average molecular weight is 485 g/mol. The Kier molecular flexibility index (Phi) is 7.55. The molecule has 1 aliphatic carbocycles. The fraction of sp³-hybridized carbons (Fsp3) is 0.450. The molecule has 0 N–H and O–H groups in total. The molecular weight excluding hydrogens is 460 g/mol. The molecule has 2 aromatic rings. The summed E-state index contributed by atoms with van der Waals surface area (Å²) in [5.74, 6) is -0.336. The molecule has 1 aromatic carbocycles. The van der Waals surface area contributed by atoms with Crippen LogP contribution in [0.25, 0.3) is 0 Å². The third-order valence-corrected chi connectivity index (χ3v) is 7.46. The number of nitrogens with zero attached hydrogens (tertiary/aromatic N) is 4. The predicted molar refractivity (Wildman–Crippen MR) is 118 cm³/mol. The normalized spacial score (nSPS) is 14.0. The number of nitro groups is 1. The van der Waals surface area contributed by atoms with Gasteiger partial charge in [0.2, 0.25) is 15.9 Å². The summed E-state index contributed by atoms with van der Waals surface area (Å²) in [6.07, 6.45) is 3.61. The third kappa shape index (κ3) is 5.47. The zero-order valence-electron chi connectivity index (χ0n) is 17.8. The molecule has 1 aromatic heterocycles. The van der Waals surface area contributed by atoms with E-state index in [0.29, 0.717) is 6.54 Å². The van der Waals surface area contributed by atoms with E-state index in [4.69, 9.17) is 16.3 Å². The number of carbonyl (C=O) groups excluding carboxylic acids is 1. The first-order valence-electron chi connectivity index (χ1n) is 9.98. The summed E-state index contributed by atoms with van der Waals surface area (Å²) in [7, 11) is -0.908. The third-order valence-electron chi connectivity index (χ3n) is 5.30. The lowest BCUT2D eigenvalue weighted by molar-refractivity contribution is -0.384. The molecule has 1 fully saturated rings. The number of amides is 1. The minimum atomic E-state index is -4.21. The van der Waals surface area contributed by atoms with Crippen LogP contribution >= 0.6 is 11.6 Å². The zero-order valence-corrected chi connectivity index (χ0v) is 19.4. The molecular formula is C20H25ClN4O6S. The Bertz CT molecular complexity index is 1100. The van der Waals surface area contributed by atoms with Gasteiger partial charge in [-0.1, -0.05) is 11.6 Å². The smallest absolute Gasteiger partial charge is 0.289 e. The van der Waals surface area contributed by atoms with Crippen molar-refractivity contribution in [1.29, 1.82) is 0 Å². The van der Waals surface area contributed by atoms with Crippen LogP contribution in [0.1, 0.15) is 18.5 Å². The molecule has 1 aliphatic rings. The van der Waals surface area contributed by atoms with Crippen molar-refractivity contribution in [3.8, 4) is 0 Å². The Morgan fingerprint density at radius 1 is 1.34 bits per heavy atom. The van der Waals surface area contributed by atoms with E-state index in [-0.39, 0.29) is 35.0 Å². The van der Waals surface area contributed by atoms with Crippen LogP contribution in [0.15, 0.2) is 41.4 Å². The monoisotopic (exact) mass is 484 g/mol. The van der Waals surface area contributed by atoms with Gasteiger partial charge in [0, 0.05) is 44.7 Å². The van der Waals surface area contributed by atoms with Gasteiger partial charge in [-0.25, -0.2) is 8.42 Å². The minimum absolute atomic E-state index is 0.0590. The number of methoxy groups -OCH3 is 1. The van der Waals surface area contributed by atoms with E-state index in [1.807, 2.05) is 29.9 Å². The largest absolute Gasteiger partial charge is 0.383 e. The standard InChI is InChI=1S/C20H25ClN4O6S/c1-22-9-3-4-16(22)13-24(15-5-6-15)20(26)14-23(10-11-31-2)32(29,30)17-7-8-18(21)19(12-17)25(27)28/h3-4,7-9,12,15H,5-6,10-11,13-14H2,1-2H3. The first kappa shape index (κ1) is 24.2. The SMILES string of the molecule is COCCN(CC(=O)N(Cc1cccn1C)C1CC1)S(=O)(=O)c1ccc(Cl)c([N+](=O)[O-])c1. The van der Waals surface area contributed by atoms with Crippen LogP contribution in [-0.2, 0) is 33.1 Å². The molecule has 0 bridgehead atoms. The molecule has 0 atom stereocenters. The molecule has 174 valence electrons. The molecule has 10 nitrogen and oxygen atoms in total. The lowest BCUT2D eigenvalue weighted by Crippen LogP contribution is -2.44. The van der Waals surface area contributed by atoms with E-state index in [0.717, 1.165) is 35.0 Å². The second-order valence-corrected chi connectivity index (χ2v) is 9.91. The molecule has 3 rings (SSSR count). The molecule has 1 heterocycles. The number of sulfonamides is 1. The van der Waals surface area contributed by atoms with Crippen LogP contribution in [0.4, 0.5) is 5.69 Å². The highest BCUT2D eigenvalue weighted by Gasteiger charge is 2.36. The molecule has 0 aliphatic heterocycles. The summed E-state index contributed by atoms with van der Waals surface area (Å²) in [4.78, 5) is 25.0. The molecule has 1 saturated carbocycles. The maximum Gasteiger partial charge on any atom is 0.289 e. The van der Waals surface area contributed by atoms with Gasteiger partial charge in [0.1, 0.15) is 5.02 Å². The quantitative estimate of drug-likeness (QED) is 0.357. The Balaban J connectivity index is 1.86. The average Bonchev–Trinajstić information content (AvgIpc) is 3.50. The van der Waals surface area contributed by atoms with Crippen LogP contribution < -0.4 is 0 Å². The highest BCUT2D eigenvalue weighted by Crippen LogP contribution is 2.30. The minimum Gasteiger partial charge on any atom is -0.383 e. The van der Waals surface area contributed by atoms with E-state index < -0.39 is 27.2 Å². The number of rotatable bonds is 11. The fourth-order valence-corrected chi connectivity index (χ4v) is 4.88. The maximum atomic E-state index is 13.3. The molecule has 0 spiro atoms. The van der Waals surface area contributed by atoms with Crippen molar-refractivity contribution in [3.63, 3.8) is 0 Å². The number of halogens is 1. The van der Waals surface area contributed by atoms with Gasteiger partial charge in [-0.3, -0.25) is 14.9 Å². The topological polar surface area (TPSA) is 115 Å². The van der Waals surface area contributed by atoms with Crippen LogP contribution in [-0.4, -0.2) is 65.9 Å². The summed E-state index contributed by atoms with van der Waals surface area (Å²) in [5, 5.41) is 11.0. The number of hydrogen-bond donors (Lipinski definition) is 0. The van der Waals surface area contributed by atoms with Crippen molar-refractivity contribution in [2.45, 2.75) is 30.3 Å². The first-order chi connectivity index (χ1) is 15.1. The maximum absolute atomic E-state index is 13.3. The number of aryl methyl sites for hydroxylation is 1. The van der Waals surface area contributed by atoms with Gasteiger partial charge in [-0.2, -0.15) is 4.31 Å². The van der Waals surface area contributed by atoms with Crippen LogP contribution in [0, 0.1) is 10.1 Å². The highest BCUT2D eigenvalue weighted by atomic mass is 35.5. The van der Waals surface area contributed by atoms with Gasteiger partial charge in [0.05, 0.1) is 29.5 Å². The van der Waals surface area contributed by atoms with Gasteiger partial charge in [-0.15, -0.1) is 0 Å². The van der Waals surface area contributed by atoms with Crippen molar-refractivity contribution in [2.75, 3.05) is 26.8 Å². The van der Waals surface area contributed by atoms with Crippen molar-refractivity contribution in [1.82, 2.24) is 13.8 Å². The van der Waals surface area contributed by atoms with Crippen LogP contribution in [0.2, 0.25) is 5.02 Å². The first-order valence-corrected chi connectivity index (χ1v) is 11.8. The van der Waals surface area contributed by atoms with Crippen molar-refractivity contribution < 1.29 is 22.9 Å². The van der Waals surface area contributed by atoms with Gasteiger partial charge in [0.25, 0.3) is 5.69 Å². The number of benzene rings is 1. The van der Waals surface area contributed by atoms with Crippen LogP contribution in [0.3, 0.4) is 0 Å². The van der Waals surface area contributed by atoms with E-state index in [9.17, 15) is 23.3 Å². The summed E-state index contributed by atoms with van der Waals surface area (Å²) >= 11 is 5.82. The molecule has 0 saturated heterocycles. The summed E-state index contributed by atoms with van der Waals surface area (Å²) in [6.45, 7) is -0.0479. The number of aromatic nitrogens is 1. The van der Waals surface area contributed by atoms with E-state index in [2.05, 4.69) is 0 Å². The molecule has 32 heavy (non-hydrogen) atoms. The van der Waals surface area contributed by atoms with Gasteiger partial charge < -0.3 is 14.2 Å². The Labute approximate surface area is 191 Å². The summed E-state index contributed by atoms with van der Waals surface area (Å²) in [6, 6.07) is 7.13. The van der Waals surface area contributed by atoms with Gasteiger partial charge >= 0.3 is 0 Å². The predicted octanol–water partition coefficient (Wildman–Crippen LogP) is 2.42.